The van der Waals surface area contributed by atoms with E-state index < -0.39 is 10.0 Å². The van der Waals surface area contributed by atoms with E-state index in [1.54, 1.807) is 31.3 Å². The van der Waals surface area contributed by atoms with Crippen LogP contribution in [-0.2, 0) is 37.2 Å². The third-order valence-electron chi connectivity index (χ3n) is 4.79. The summed E-state index contributed by atoms with van der Waals surface area (Å²) in [5.41, 5.74) is 0.723. The number of nitrogens with zero attached hydrogens (tertiary/aromatic N) is 3. The Morgan fingerprint density at radius 3 is 2.26 bits per heavy atom. The maximum absolute atomic E-state index is 12.5. The monoisotopic (exact) mass is 392 g/mol. The lowest BCUT2D eigenvalue weighted by Gasteiger charge is -2.15. The SMILES string of the molecule is Cn1cc(CNCc2ccc(S(=O)(=O)N3CCCC3)cc2)c(=O)n(C)c1=O. The molecule has 1 aromatic carbocycles. The number of rotatable bonds is 6. The van der Waals surface area contributed by atoms with Crippen LogP contribution in [0.15, 0.2) is 44.9 Å². The van der Waals surface area contributed by atoms with Crippen molar-refractivity contribution in [3.63, 3.8) is 0 Å². The third kappa shape index (κ3) is 4.05. The molecule has 3 rings (SSSR count). The van der Waals surface area contributed by atoms with Crippen LogP contribution in [0.1, 0.15) is 24.0 Å². The number of nitrogens with one attached hydrogen (secondary N) is 1. The van der Waals surface area contributed by atoms with Crippen LogP contribution in [0.25, 0.3) is 0 Å². The van der Waals surface area contributed by atoms with Gasteiger partial charge in [0.15, 0.2) is 0 Å². The Bertz CT molecular complexity index is 1030. The van der Waals surface area contributed by atoms with Gasteiger partial charge in [0, 0.05) is 52.0 Å². The van der Waals surface area contributed by atoms with E-state index in [2.05, 4.69) is 5.32 Å². The summed E-state index contributed by atoms with van der Waals surface area (Å²) in [6, 6.07) is 6.79. The summed E-state index contributed by atoms with van der Waals surface area (Å²) in [6.07, 6.45) is 3.35. The molecule has 0 aliphatic carbocycles. The van der Waals surface area contributed by atoms with E-state index in [0.717, 1.165) is 23.0 Å². The minimum atomic E-state index is -3.40. The van der Waals surface area contributed by atoms with Crippen LogP contribution in [0.4, 0.5) is 0 Å². The molecule has 1 aliphatic rings. The number of aromatic nitrogens is 2. The normalized spacial score (nSPS) is 15.3. The Kier molecular flexibility index (Phi) is 5.64. The average Bonchev–Trinajstić information content (AvgIpc) is 3.20. The lowest BCUT2D eigenvalue weighted by Crippen LogP contribution is -2.39. The Labute approximate surface area is 158 Å². The summed E-state index contributed by atoms with van der Waals surface area (Å²) in [4.78, 5) is 24.1. The molecule has 0 spiro atoms. The van der Waals surface area contributed by atoms with Gasteiger partial charge >= 0.3 is 5.69 Å². The van der Waals surface area contributed by atoms with Crippen molar-refractivity contribution in [3.05, 3.63) is 62.4 Å². The van der Waals surface area contributed by atoms with E-state index in [9.17, 15) is 18.0 Å². The first-order chi connectivity index (χ1) is 12.8. The number of sulfonamides is 1. The van der Waals surface area contributed by atoms with E-state index in [1.807, 2.05) is 0 Å². The molecule has 2 aromatic rings. The fourth-order valence-electron chi connectivity index (χ4n) is 3.20. The lowest BCUT2D eigenvalue weighted by atomic mass is 10.2. The number of hydrogen-bond donors (Lipinski definition) is 1. The summed E-state index contributed by atoms with van der Waals surface area (Å²) in [7, 11) is -0.348. The molecule has 8 nitrogen and oxygen atoms in total. The van der Waals surface area contributed by atoms with Gasteiger partial charge in [-0.1, -0.05) is 12.1 Å². The van der Waals surface area contributed by atoms with Crippen molar-refractivity contribution >= 4 is 10.0 Å². The molecule has 1 fully saturated rings. The first-order valence-corrected chi connectivity index (χ1v) is 10.3. The first kappa shape index (κ1) is 19.5. The number of hydrogen-bond acceptors (Lipinski definition) is 5. The molecule has 27 heavy (non-hydrogen) atoms. The van der Waals surface area contributed by atoms with Crippen molar-refractivity contribution in [3.8, 4) is 0 Å². The van der Waals surface area contributed by atoms with Gasteiger partial charge < -0.3 is 9.88 Å². The number of aryl methyl sites for hydroxylation is 1. The second-order valence-corrected chi connectivity index (χ2v) is 8.71. The van der Waals surface area contributed by atoms with Crippen molar-refractivity contribution in [1.82, 2.24) is 18.8 Å². The highest BCUT2D eigenvalue weighted by molar-refractivity contribution is 7.89. The van der Waals surface area contributed by atoms with Crippen molar-refractivity contribution in [2.45, 2.75) is 30.8 Å². The Balaban J connectivity index is 1.65. The standard InChI is InChI=1S/C18H24N4O4S/c1-20-13-15(17(23)21(2)18(20)24)12-19-11-14-5-7-16(8-6-14)27(25,26)22-9-3-4-10-22/h5-8,13,19H,3-4,9-12H2,1-2H3. The molecule has 0 atom stereocenters. The van der Waals surface area contributed by atoms with Crippen molar-refractivity contribution in [2.75, 3.05) is 13.1 Å². The van der Waals surface area contributed by atoms with Gasteiger partial charge in [0.05, 0.1) is 4.90 Å². The second-order valence-electron chi connectivity index (χ2n) is 6.77. The molecule has 0 unspecified atom stereocenters. The summed E-state index contributed by atoms with van der Waals surface area (Å²) >= 11 is 0. The molecule has 2 heterocycles. The minimum Gasteiger partial charge on any atom is -0.308 e. The molecule has 0 saturated carbocycles. The molecule has 0 bridgehead atoms. The lowest BCUT2D eigenvalue weighted by molar-refractivity contribution is 0.477. The Morgan fingerprint density at radius 1 is 1.00 bits per heavy atom. The van der Waals surface area contributed by atoms with Gasteiger partial charge in [0.1, 0.15) is 0 Å². The predicted octanol–water partition coefficient (Wildman–Crippen LogP) is 0.158. The van der Waals surface area contributed by atoms with E-state index in [4.69, 9.17) is 0 Å². The van der Waals surface area contributed by atoms with Gasteiger partial charge in [-0.25, -0.2) is 13.2 Å². The molecule has 1 saturated heterocycles. The molecule has 1 aromatic heterocycles. The van der Waals surface area contributed by atoms with Gasteiger partial charge in [-0.3, -0.25) is 9.36 Å². The van der Waals surface area contributed by atoms with Crippen LogP contribution in [0.2, 0.25) is 0 Å². The number of benzene rings is 1. The Hall–Kier alpha value is -2.23. The molecule has 1 N–H and O–H groups in total. The van der Waals surface area contributed by atoms with Crippen molar-refractivity contribution in [2.24, 2.45) is 14.1 Å². The van der Waals surface area contributed by atoms with Gasteiger partial charge in [-0.2, -0.15) is 4.31 Å². The fourth-order valence-corrected chi connectivity index (χ4v) is 4.72. The highest BCUT2D eigenvalue weighted by atomic mass is 32.2. The van der Waals surface area contributed by atoms with E-state index in [-0.39, 0.29) is 11.2 Å². The molecular weight excluding hydrogens is 368 g/mol. The largest absolute Gasteiger partial charge is 0.330 e. The minimum absolute atomic E-state index is 0.306. The van der Waals surface area contributed by atoms with Crippen LogP contribution >= 0.6 is 0 Å². The first-order valence-electron chi connectivity index (χ1n) is 8.86. The third-order valence-corrected chi connectivity index (χ3v) is 6.70. The molecule has 0 amide bonds. The van der Waals surface area contributed by atoms with Crippen LogP contribution < -0.4 is 16.6 Å². The predicted molar refractivity (Wildman–Crippen MR) is 102 cm³/mol. The highest BCUT2D eigenvalue weighted by Crippen LogP contribution is 2.21. The van der Waals surface area contributed by atoms with Crippen molar-refractivity contribution in [1.29, 1.82) is 0 Å². The quantitative estimate of drug-likeness (QED) is 0.756. The summed E-state index contributed by atoms with van der Waals surface area (Å²) in [5, 5.41) is 3.16. The zero-order valence-electron chi connectivity index (χ0n) is 15.5. The van der Waals surface area contributed by atoms with Crippen LogP contribution in [0, 0.1) is 0 Å². The van der Waals surface area contributed by atoms with Crippen molar-refractivity contribution < 1.29 is 8.42 Å². The van der Waals surface area contributed by atoms with Crippen LogP contribution in [0.3, 0.4) is 0 Å². The van der Waals surface area contributed by atoms with E-state index >= 15 is 0 Å². The van der Waals surface area contributed by atoms with Crippen LogP contribution in [0.5, 0.6) is 0 Å². The highest BCUT2D eigenvalue weighted by Gasteiger charge is 2.26. The van der Waals surface area contributed by atoms with Gasteiger partial charge in [0.2, 0.25) is 10.0 Å². The maximum atomic E-state index is 12.5. The fraction of sp³-hybridized carbons (Fsp3) is 0.444. The topological polar surface area (TPSA) is 93.4 Å². The summed E-state index contributed by atoms with van der Waals surface area (Å²) in [6.45, 7) is 1.96. The molecule has 0 radical (unpaired) electrons. The van der Waals surface area contributed by atoms with Gasteiger partial charge in [0.25, 0.3) is 5.56 Å². The molecule has 146 valence electrons. The zero-order valence-corrected chi connectivity index (χ0v) is 16.3. The van der Waals surface area contributed by atoms with Crippen LogP contribution in [-0.4, -0.2) is 34.9 Å². The summed E-state index contributed by atoms with van der Waals surface area (Å²) in [5.74, 6) is 0. The van der Waals surface area contributed by atoms with Gasteiger partial charge in [-0.05, 0) is 30.5 Å². The Morgan fingerprint density at radius 2 is 1.63 bits per heavy atom. The molecule has 9 heteroatoms. The van der Waals surface area contributed by atoms with E-state index in [1.165, 1.54) is 22.1 Å². The second kappa shape index (κ2) is 7.79. The summed E-state index contributed by atoms with van der Waals surface area (Å²) < 4.78 is 29.0. The van der Waals surface area contributed by atoms with E-state index in [0.29, 0.717) is 36.6 Å². The van der Waals surface area contributed by atoms with Gasteiger partial charge in [-0.15, -0.1) is 0 Å². The zero-order chi connectivity index (χ0) is 19.6. The molecular formula is C18H24N4O4S. The maximum Gasteiger partial charge on any atom is 0.330 e. The average molecular weight is 392 g/mol. The molecule has 1 aliphatic heterocycles. The smallest absolute Gasteiger partial charge is 0.308 e.